The van der Waals surface area contributed by atoms with Crippen LogP contribution in [-0.4, -0.2) is 35.7 Å². The molecule has 0 atom stereocenters. The van der Waals surface area contributed by atoms with Gasteiger partial charge < -0.3 is 5.32 Å². The van der Waals surface area contributed by atoms with Crippen molar-refractivity contribution in [3.63, 3.8) is 0 Å². The molecule has 0 unspecified atom stereocenters. The standard InChI is InChI=1S/C8H10N2O3S/c11-6-10(13)3-2-9-8(12)7-1-4-14-5-7/h1,4-6,13H,2-3H2,(H,9,12). The van der Waals surface area contributed by atoms with Crippen molar-refractivity contribution in [1.82, 2.24) is 10.4 Å². The molecule has 1 rings (SSSR count). The SMILES string of the molecule is O=CN(O)CCNC(=O)c1ccsc1. The average molecular weight is 214 g/mol. The molecular weight excluding hydrogens is 204 g/mol. The van der Waals surface area contributed by atoms with E-state index in [4.69, 9.17) is 5.21 Å². The van der Waals surface area contributed by atoms with Crippen molar-refractivity contribution in [2.75, 3.05) is 13.1 Å². The highest BCUT2D eigenvalue weighted by Gasteiger charge is 2.04. The normalized spacial score (nSPS) is 9.50. The molecule has 0 aliphatic heterocycles. The number of nitrogens with one attached hydrogen (secondary N) is 1. The van der Waals surface area contributed by atoms with Gasteiger partial charge in [0, 0.05) is 17.5 Å². The van der Waals surface area contributed by atoms with Gasteiger partial charge >= 0.3 is 0 Å². The lowest BCUT2D eigenvalue weighted by molar-refractivity contribution is -0.149. The summed E-state index contributed by atoms with van der Waals surface area (Å²) < 4.78 is 0. The second kappa shape index (κ2) is 5.36. The molecule has 0 saturated heterocycles. The first-order valence-electron chi connectivity index (χ1n) is 3.95. The predicted molar refractivity (Wildman–Crippen MR) is 51.2 cm³/mol. The van der Waals surface area contributed by atoms with E-state index in [1.165, 1.54) is 11.3 Å². The predicted octanol–water partition coefficient (Wildman–Crippen LogP) is 0.326. The van der Waals surface area contributed by atoms with Crippen molar-refractivity contribution in [2.24, 2.45) is 0 Å². The van der Waals surface area contributed by atoms with Gasteiger partial charge in [-0.1, -0.05) is 0 Å². The number of hydroxylamine groups is 2. The van der Waals surface area contributed by atoms with Crippen LogP contribution in [0.25, 0.3) is 0 Å². The first-order valence-corrected chi connectivity index (χ1v) is 4.89. The molecule has 2 N–H and O–H groups in total. The number of carbonyl (C=O) groups excluding carboxylic acids is 2. The molecule has 0 radical (unpaired) electrons. The highest BCUT2D eigenvalue weighted by Crippen LogP contribution is 2.04. The lowest BCUT2D eigenvalue weighted by atomic mass is 10.3. The quantitative estimate of drug-likeness (QED) is 0.421. The zero-order valence-corrected chi connectivity index (χ0v) is 8.16. The minimum absolute atomic E-state index is 0.0827. The second-order valence-corrected chi connectivity index (χ2v) is 3.32. The number of thiophene rings is 1. The fraction of sp³-hybridized carbons (Fsp3) is 0.250. The molecule has 14 heavy (non-hydrogen) atoms. The highest BCUT2D eigenvalue weighted by molar-refractivity contribution is 7.08. The molecule has 76 valence electrons. The van der Waals surface area contributed by atoms with Gasteiger partial charge in [-0.05, 0) is 11.4 Å². The Bertz CT molecular complexity index is 300. The summed E-state index contributed by atoms with van der Waals surface area (Å²) in [6, 6.07) is 1.70. The van der Waals surface area contributed by atoms with Crippen LogP contribution >= 0.6 is 11.3 Å². The summed E-state index contributed by atoms with van der Waals surface area (Å²) in [6.45, 7) is 0.309. The summed E-state index contributed by atoms with van der Waals surface area (Å²) in [5, 5.41) is 15.3. The molecular formula is C8H10N2O3S. The topological polar surface area (TPSA) is 69.6 Å². The van der Waals surface area contributed by atoms with Gasteiger partial charge in [0.1, 0.15) is 0 Å². The van der Waals surface area contributed by atoms with Gasteiger partial charge in [-0.25, -0.2) is 5.06 Å². The number of nitrogens with zero attached hydrogens (tertiary/aromatic N) is 1. The fourth-order valence-electron chi connectivity index (χ4n) is 0.832. The van der Waals surface area contributed by atoms with E-state index < -0.39 is 0 Å². The molecule has 0 fully saturated rings. The van der Waals surface area contributed by atoms with Gasteiger partial charge in [0.05, 0.1) is 6.54 Å². The first kappa shape index (κ1) is 10.7. The Kier molecular flexibility index (Phi) is 4.09. The highest BCUT2D eigenvalue weighted by atomic mass is 32.1. The van der Waals surface area contributed by atoms with Crippen molar-refractivity contribution < 1.29 is 14.8 Å². The molecule has 0 spiro atoms. The summed E-state index contributed by atoms with van der Waals surface area (Å²) in [5.74, 6) is -0.203. The summed E-state index contributed by atoms with van der Waals surface area (Å²) in [4.78, 5) is 21.3. The van der Waals surface area contributed by atoms with Gasteiger partial charge in [-0.15, -0.1) is 0 Å². The van der Waals surface area contributed by atoms with Gasteiger partial charge in [-0.2, -0.15) is 11.3 Å². The van der Waals surface area contributed by atoms with E-state index in [9.17, 15) is 9.59 Å². The number of hydrogen-bond acceptors (Lipinski definition) is 4. The maximum atomic E-state index is 11.3. The maximum absolute atomic E-state index is 11.3. The van der Waals surface area contributed by atoms with E-state index in [1.807, 2.05) is 0 Å². The molecule has 5 nitrogen and oxygen atoms in total. The van der Waals surface area contributed by atoms with E-state index in [0.717, 1.165) is 0 Å². The van der Waals surface area contributed by atoms with Crippen molar-refractivity contribution in [1.29, 1.82) is 0 Å². The van der Waals surface area contributed by atoms with E-state index in [1.54, 1.807) is 16.8 Å². The second-order valence-electron chi connectivity index (χ2n) is 2.54. The molecule has 0 aromatic carbocycles. The number of rotatable bonds is 5. The largest absolute Gasteiger partial charge is 0.350 e. The van der Waals surface area contributed by atoms with Gasteiger partial charge in [-0.3, -0.25) is 14.8 Å². The third-order valence-electron chi connectivity index (χ3n) is 1.53. The lowest BCUT2D eigenvalue weighted by Crippen LogP contribution is -2.32. The van der Waals surface area contributed by atoms with Crippen LogP contribution in [0.3, 0.4) is 0 Å². The summed E-state index contributed by atoms with van der Waals surface area (Å²) in [5.41, 5.74) is 0.589. The van der Waals surface area contributed by atoms with Crippen LogP contribution in [0, 0.1) is 0 Å². The Labute approximate surface area is 84.9 Å². The third-order valence-corrected chi connectivity index (χ3v) is 2.21. The summed E-state index contributed by atoms with van der Waals surface area (Å²) in [6.07, 6.45) is 0.288. The monoisotopic (exact) mass is 214 g/mol. The Morgan fingerprint density at radius 3 is 3.07 bits per heavy atom. The molecule has 6 heteroatoms. The van der Waals surface area contributed by atoms with Crippen molar-refractivity contribution in [3.8, 4) is 0 Å². The number of hydrogen-bond donors (Lipinski definition) is 2. The molecule has 1 aromatic rings. The Balaban J connectivity index is 2.26. The molecule has 0 saturated carbocycles. The molecule has 1 heterocycles. The number of amides is 2. The van der Waals surface area contributed by atoms with Crippen LogP contribution in [0.1, 0.15) is 10.4 Å². The Hall–Kier alpha value is -1.40. The van der Waals surface area contributed by atoms with Crippen LogP contribution in [-0.2, 0) is 4.79 Å². The number of carbonyl (C=O) groups is 2. The Morgan fingerprint density at radius 2 is 2.50 bits per heavy atom. The van der Waals surface area contributed by atoms with Gasteiger partial charge in [0.15, 0.2) is 0 Å². The fourth-order valence-corrected chi connectivity index (χ4v) is 1.47. The smallest absolute Gasteiger partial charge is 0.252 e. The minimum atomic E-state index is -0.203. The molecule has 0 aliphatic rings. The average Bonchev–Trinajstić information content (AvgIpc) is 2.70. The van der Waals surface area contributed by atoms with Crippen molar-refractivity contribution in [2.45, 2.75) is 0 Å². The first-order chi connectivity index (χ1) is 6.74. The molecule has 2 amide bonds. The zero-order chi connectivity index (χ0) is 10.4. The Morgan fingerprint density at radius 1 is 1.71 bits per heavy atom. The van der Waals surface area contributed by atoms with E-state index >= 15 is 0 Å². The minimum Gasteiger partial charge on any atom is -0.350 e. The van der Waals surface area contributed by atoms with E-state index in [-0.39, 0.29) is 25.4 Å². The zero-order valence-electron chi connectivity index (χ0n) is 7.34. The lowest BCUT2D eigenvalue weighted by Gasteiger charge is -2.08. The summed E-state index contributed by atoms with van der Waals surface area (Å²) >= 11 is 1.44. The maximum Gasteiger partial charge on any atom is 0.252 e. The van der Waals surface area contributed by atoms with E-state index in [0.29, 0.717) is 10.6 Å². The van der Waals surface area contributed by atoms with Crippen LogP contribution in [0.5, 0.6) is 0 Å². The van der Waals surface area contributed by atoms with Gasteiger partial charge in [0.2, 0.25) is 6.41 Å². The van der Waals surface area contributed by atoms with Crippen LogP contribution in [0.4, 0.5) is 0 Å². The van der Waals surface area contributed by atoms with E-state index in [2.05, 4.69) is 5.32 Å². The van der Waals surface area contributed by atoms with Crippen LogP contribution in [0.2, 0.25) is 0 Å². The molecule has 1 aromatic heterocycles. The third kappa shape index (κ3) is 3.15. The molecule has 0 bridgehead atoms. The van der Waals surface area contributed by atoms with Crippen molar-refractivity contribution >= 4 is 23.7 Å². The molecule has 0 aliphatic carbocycles. The van der Waals surface area contributed by atoms with Crippen LogP contribution in [0.15, 0.2) is 16.8 Å². The van der Waals surface area contributed by atoms with Crippen LogP contribution < -0.4 is 5.32 Å². The summed E-state index contributed by atoms with van der Waals surface area (Å²) in [7, 11) is 0. The van der Waals surface area contributed by atoms with Gasteiger partial charge in [0.25, 0.3) is 5.91 Å². The van der Waals surface area contributed by atoms with Crippen molar-refractivity contribution in [3.05, 3.63) is 22.4 Å².